The van der Waals surface area contributed by atoms with Crippen molar-refractivity contribution in [2.75, 3.05) is 9.80 Å². The van der Waals surface area contributed by atoms with E-state index in [4.69, 9.17) is 0 Å². The molecule has 0 N–H and O–H groups in total. The zero-order chi connectivity index (χ0) is 45.5. The molecular formula is C66H48N2. The summed E-state index contributed by atoms with van der Waals surface area (Å²) in [7, 11) is 0. The van der Waals surface area contributed by atoms with E-state index < -0.39 is 0 Å². The minimum absolute atomic E-state index is 1.03. The van der Waals surface area contributed by atoms with E-state index in [0.29, 0.717) is 0 Å². The average molecular weight is 869 g/mol. The van der Waals surface area contributed by atoms with E-state index in [2.05, 4.69) is 301 Å². The molecule has 0 aliphatic heterocycles. The Hall–Kier alpha value is -8.98. The van der Waals surface area contributed by atoms with Gasteiger partial charge in [0.05, 0.1) is 11.4 Å². The minimum atomic E-state index is 1.03. The van der Waals surface area contributed by atoms with Crippen LogP contribution in [0.5, 0.6) is 0 Å². The fourth-order valence-electron chi connectivity index (χ4n) is 9.24. The molecule has 0 unspecified atom stereocenters. The summed E-state index contributed by atoms with van der Waals surface area (Å²) in [6, 6.07) is 105. The Bertz CT molecular complexity index is 2960. The van der Waals surface area contributed by atoms with Crippen molar-refractivity contribution in [3.63, 3.8) is 0 Å². The van der Waals surface area contributed by atoms with Gasteiger partial charge in [-0.05, 0) is 127 Å². The van der Waals surface area contributed by atoms with Crippen LogP contribution in [0.1, 0.15) is 0 Å². The van der Waals surface area contributed by atoms with Crippen LogP contribution in [0, 0.1) is 0 Å². The topological polar surface area (TPSA) is 6.48 Å². The van der Waals surface area contributed by atoms with Crippen LogP contribution >= 0.6 is 0 Å². The second-order valence-electron chi connectivity index (χ2n) is 16.9. The van der Waals surface area contributed by atoms with E-state index in [1.165, 1.54) is 22.3 Å². The van der Waals surface area contributed by atoms with E-state index in [-0.39, 0.29) is 0 Å². The molecule has 0 aliphatic rings. The first-order valence-corrected chi connectivity index (χ1v) is 23.2. The summed E-state index contributed by atoms with van der Waals surface area (Å²) < 4.78 is 0. The lowest BCUT2D eigenvalue weighted by atomic mass is 9.92. The number of hydrogen-bond donors (Lipinski definition) is 0. The molecule has 11 rings (SSSR count). The van der Waals surface area contributed by atoms with Crippen LogP contribution in [0.2, 0.25) is 0 Å². The second kappa shape index (κ2) is 19.2. The van der Waals surface area contributed by atoms with E-state index in [1.807, 2.05) is 0 Å². The molecule has 322 valence electrons. The number of hydrogen-bond acceptors (Lipinski definition) is 2. The van der Waals surface area contributed by atoms with E-state index in [1.54, 1.807) is 0 Å². The lowest BCUT2D eigenvalue weighted by Crippen LogP contribution is -2.17. The molecule has 0 saturated heterocycles. The van der Waals surface area contributed by atoms with Gasteiger partial charge in [0.2, 0.25) is 0 Å². The molecule has 0 saturated carbocycles. The third kappa shape index (κ3) is 8.75. The zero-order valence-electron chi connectivity index (χ0n) is 37.6. The van der Waals surface area contributed by atoms with E-state index >= 15 is 0 Å². The molecule has 2 nitrogen and oxygen atoms in total. The van der Waals surface area contributed by atoms with Crippen molar-refractivity contribution in [2.24, 2.45) is 0 Å². The summed E-state index contributed by atoms with van der Waals surface area (Å²) in [6.45, 7) is 0. The van der Waals surface area contributed by atoms with Crippen molar-refractivity contribution in [2.45, 2.75) is 0 Å². The van der Waals surface area contributed by atoms with Crippen molar-refractivity contribution in [1.29, 1.82) is 0 Å². The van der Waals surface area contributed by atoms with Crippen LogP contribution in [-0.4, -0.2) is 0 Å². The summed E-state index contributed by atoms with van der Waals surface area (Å²) in [5, 5.41) is 0. The van der Waals surface area contributed by atoms with Gasteiger partial charge in [0, 0.05) is 22.7 Å². The highest BCUT2D eigenvalue weighted by Gasteiger charge is 2.26. The van der Waals surface area contributed by atoms with Gasteiger partial charge in [-0.2, -0.15) is 0 Å². The molecule has 0 aromatic heterocycles. The zero-order valence-corrected chi connectivity index (χ0v) is 37.6. The molecule has 11 aromatic carbocycles. The van der Waals surface area contributed by atoms with Gasteiger partial charge in [-0.1, -0.05) is 231 Å². The molecule has 11 aromatic rings. The molecule has 0 heterocycles. The van der Waals surface area contributed by atoms with Crippen LogP contribution in [0.15, 0.2) is 291 Å². The van der Waals surface area contributed by atoms with Crippen molar-refractivity contribution in [3.8, 4) is 66.8 Å². The molecule has 0 spiro atoms. The van der Waals surface area contributed by atoms with Crippen LogP contribution in [0.4, 0.5) is 34.1 Å². The molecule has 0 radical (unpaired) electrons. The van der Waals surface area contributed by atoms with E-state index in [0.717, 1.165) is 78.6 Å². The molecule has 0 amide bonds. The maximum absolute atomic E-state index is 2.43. The van der Waals surface area contributed by atoms with Gasteiger partial charge < -0.3 is 9.80 Å². The third-order valence-corrected chi connectivity index (χ3v) is 12.7. The molecule has 2 heteroatoms. The summed E-state index contributed by atoms with van der Waals surface area (Å²) >= 11 is 0. The first kappa shape index (κ1) is 41.7. The second-order valence-corrected chi connectivity index (χ2v) is 16.9. The highest BCUT2D eigenvalue weighted by molar-refractivity contribution is 5.99. The number of rotatable bonds is 12. The maximum Gasteiger partial charge on any atom is 0.0709 e. The molecule has 0 fully saturated rings. The van der Waals surface area contributed by atoms with Gasteiger partial charge in [-0.15, -0.1) is 0 Å². The van der Waals surface area contributed by atoms with Crippen molar-refractivity contribution in [3.05, 3.63) is 291 Å². The van der Waals surface area contributed by atoms with Crippen molar-refractivity contribution in [1.82, 2.24) is 0 Å². The number of nitrogens with zero attached hydrogens (tertiary/aromatic N) is 2. The Morgan fingerprint density at radius 2 is 0.338 bits per heavy atom. The predicted molar refractivity (Wildman–Crippen MR) is 288 cm³/mol. The minimum Gasteiger partial charge on any atom is -0.308 e. The largest absolute Gasteiger partial charge is 0.308 e. The third-order valence-electron chi connectivity index (χ3n) is 12.7. The first-order valence-electron chi connectivity index (χ1n) is 23.2. The Labute approximate surface area is 400 Å². The van der Waals surface area contributed by atoms with Gasteiger partial charge in [-0.25, -0.2) is 0 Å². The molecular weight excluding hydrogens is 821 g/mol. The summed E-state index contributed by atoms with van der Waals surface area (Å²) in [5.74, 6) is 0. The quantitative estimate of drug-likeness (QED) is 0.121. The fraction of sp³-hybridized carbons (Fsp3) is 0. The van der Waals surface area contributed by atoms with Crippen LogP contribution in [-0.2, 0) is 0 Å². The highest BCUT2D eigenvalue weighted by Crippen LogP contribution is 2.51. The molecule has 0 aliphatic carbocycles. The Morgan fingerprint density at radius 1 is 0.162 bits per heavy atom. The number of benzene rings is 11. The Kier molecular flexibility index (Phi) is 11.8. The normalized spacial score (nSPS) is 10.9. The Morgan fingerprint density at radius 3 is 0.544 bits per heavy atom. The fourth-order valence-corrected chi connectivity index (χ4v) is 9.24. The lowest BCUT2D eigenvalue weighted by molar-refractivity contribution is 1.23. The van der Waals surface area contributed by atoms with Gasteiger partial charge in [0.1, 0.15) is 0 Å². The SMILES string of the molecule is c1ccc(-c2ccc(N(c3ccc(-c4ccccc4)cc3)c3cc(-c4ccccc4)c(-c4ccccc4)cc3N(c3ccc(-c4ccccc4)cc3)c3ccc(-c4ccccc4)cc3)cc2)cc1. The highest BCUT2D eigenvalue weighted by atomic mass is 15.2. The molecule has 0 atom stereocenters. The predicted octanol–water partition coefficient (Wildman–Crippen LogP) is 18.6. The molecule has 0 bridgehead atoms. The van der Waals surface area contributed by atoms with Gasteiger partial charge >= 0.3 is 0 Å². The summed E-state index contributed by atoms with van der Waals surface area (Å²) in [5.41, 5.74) is 20.2. The molecule has 68 heavy (non-hydrogen) atoms. The number of anilines is 6. The van der Waals surface area contributed by atoms with Gasteiger partial charge in [0.25, 0.3) is 0 Å². The average Bonchev–Trinajstić information content (AvgIpc) is 3.43. The van der Waals surface area contributed by atoms with Gasteiger partial charge in [-0.3, -0.25) is 0 Å². The summed E-state index contributed by atoms with van der Waals surface area (Å²) in [4.78, 5) is 4.87. The Balaban J connectivity index is 1.19. The lowest BCUT2D eigenvalue weighted by Gasteiger charge is -2.35. The summed E-state index contributed by atoms with van der Waals surface area (Å²) in [6.07, 6.45) is 0. The van der Waals surface area contributed by atoms with E-state index in [9.17, 15) is 0 Å². The maximum atomic E-state index is 2.43. The van der Waals surface area contributed by atoms with Crippen molar-refractivity contribution >= 4 is 34.1 Å². The van der Waals surface area contributed by atoms with Crippen LogP contribution in [0.3, 0.4) is 0 Å². The monoisotopic (exact) mass is 868 g/mol. The van der Waals surface area contributed by atoms with Crippen LogP contribution < -0.4 is 9.80 Å². The van der Waals surface area contributed by atoms with Crippen molar-refractivity contribution < 1.29 is 0 Å². The first-order chi connectivity index (χ1) is 33.7. The smallest absolute Gasteiger partial charge is 0.0709 e. The van der Waals surface area contributed by atoms with Crippen LogP contribution in [0.25, 0.3) is 66.8 Å². The van der Waals surface area contributed by atoms with Gasteiger partial charge in [0.15, 0.2) is 0 Å². The standard InChI is InChI=1S/C66H48N2/c1-7-19-49(20-8-1)53-31-39-59(40-32-53)67(60-41-33-54(34-42-60)50-21-9-2-10-22-50)65-47-63(57-27-15-5-16-28-57)64(58-29-17-6-18-30-58)48-66(65)68(61-43-35-55(36-44-61)51-23-11-3-12-24-51)62-45-37-56(38-46-62)52-25-13-4-14-26-52/h1-48H.